The Hall–Kier alpha value is -2.99. The van der Waals surface area contributed by atoms with Crippen molar-refractivity contribution >= 4 is 57.6 Å². The lowest BCUT2D eigenvalue weighted by Gasteiger charge is -2.28. The molecule has 4 aromatic rings. The van der Waals surface area contributed by atoms with Gasteiger partial charge >= 0.3 is 5.97 Å². The quantitative estimate of drug-likeness (QED) is 0.184. The number of aromatic nitrogens is 1. The summed E-state index contributed by atoms with van der Waals surface area (Å²) in [7, 11) is 0. The van der Waals surface area contributed by atoms with E-state index in [1.165, 1.54) is 0 Å². The summed E-state index contributed by atoms with van der Waals surface area (Å²) in [6.07, 6.45) is 3.73. The van der Waals surface area contributed by atoms with Crippen molar-refractivity contribution in [1.82, 2.24) is 10.3 Å². The Bertz CT molecular complexity index is 1400. The highest BCUT2D eigenvalue weighted by Gasteiger charge is 2.29. The molecule has 0 saturated heterocycles. The van der Waals surface area contributed by atoms with Gasteiger partial charge in [-0.05, 0) is 65.4 Å². The van der Waals surface area contributed by atoms with E-state index in [0.29, 0.717) is 20.6 Å². The zero-order valence-electron chi connectivity index (χ0n) is 20.2. The molecule has 0 radical (unpaired) electrons. The fourth-order valence-corrected chi connectivity index (χ4v) is 5.51. The van der Waals surface area contributed by atoms with E-state index in [-0.39, 0.29) is 30.7 Å². The number of hydrogen-bond acceptors (Lipinski definition) is 2. The predicted molar refractivity (Wildman–Crippen MR) is 150 cm³/mol. The van der Waals surface area contributed by atoms with Crippen LogP contribution in [0, 0.1) is 0 Å². The number of carboxylic acids is 1. The smallest absolute Gasteiger partial charge is 0.305 e. The first kappa shape index (κ1) is 27.1. The summed E-state index contributed by atoms with van der Waals surface area (Å²) < 4.78 is 0. The number of amides is 1. The van der Waals surface area contributed by atoms with Gasteiger partial charge in [0.05, 0.1) is 17.0 Å². The number of carboxylic acid groups (broad SMARTS) is 1. The summed E-state index contributed by atoms with van der Waals surface area (Å²) in [6.45, 7) is 2.23. The number of benzene rings is 3. The molecule has 3 aromatic carbocycles. The van der Waals surface area contributed by atoms with Gasteiger partial charge in [-0.2, -0.15) is 0 Å². The highest BCUT2D eigenvalue weighted by Crippen LogP contribution is 2.45. The molecule has 192 valence electrons. The second-order valence-corrected chi connectivity index (χ2v) is 10.3. The largest absolute Gasteiger partial charge is 0.481 e. The van der Waals surface area contributed by atoms with Crippen LogP contribution in [-0.4, -0.2) is 28.5 Å². The molecule has 4 rings (SSSR count). The average molecular weight is 558 g/mol. The number of H-pyrrole nitrogens is 1. The molecule has 3 N–H and O–H groups in total. The summed E-state index contributed by atoms with van der Waals surface area (Å²) in [4.78, 5) is 26.5. The van der Waals surface area contributed by atoms with E-state index < -0.39 is 5.97 Å². The van der Waals surface area contributed by atoms with Crippen LogP contribution >= 0.6 is 34.8 Å². The lowest BCUT2D eigenvalue weighted by atomic mass is 9.75. The van der Waals surface area contributed by atoms with Gasteiger partial charge in [0.25, 0.3) is 5.91 Å². The maximum atomic E-state index is 12.5. The van der Waals surface area contributed by atoms with Crippen LogP contribution in [0.15, 0.2) is 66.9 Å². The molecule has 0 aliphatic carbocycles. The Morgan fingerprint density at radius 3 is 2.27 bits per heavy atom. The van der Waals surface area contributed by atoms with E-state index >= 15 is 0 Å². The topological polar surface area (TPSA) is 82.2 Å². The molecule has 0 fully saturated rings. The number of rotatable bonds is 10. The van der Waals surface area contributed by atoms with Crippen molar-refractivity contribution in [1.29, 1.82) is 0 Å². The fourth-order valence-electron chi connectivity index (χ4n) is 4.84. The standard InChI is InChI=1S/C29H27Cl3N2O3/c1-2-3-22(17-4-6-19(7-5-17)29(37)33-13-12-26(35)36)27(18-8-10-20(30)11-9-18)24-16-34-28-23(24)14-21(31)15-25(28)32/h4-11,14-16,22,27,34H,2-3,12-13H2,1H3,(H,33,37)(H,35,36). The van der Waals surface area contributed by atoms with Crippen molar-refractivity contribution in [2.45, 2.75) is 38.0 Å². The zero-order chi connectivity index (χ0) is 26.5. The maximum absolute atomic E-state index is 12.5. The van der Waals surface area contributed by atoms with Gasteiger partial charge in [-0.15, -0.1) is 0 Å². The summed E-state index contributed by atoms with van der Waals surface area (Å²) in [6, 6.07) is 19.1. The Kier molecular flexibility index (Phi) is 8.80. The van der Waals surface area contributed by atoms with Crippen LogP contribution in [0.5, 0.6) is 0 Å². The van der Waals surface area contributed by atoms with Gasteiger partial charge in [-0.3, -0.25) is 9.59 Å². The minimum atomic E-state index is -0.953. The van der Waals surface area contributed by atoms with E-state index in [1.807, 2.05) is 48.7 Å². The summed E-state index contributed by atoms with van der Waals surface area (Å²) in [5.41, 5.74) is 4.60. The van der Waals surface area contributed by atoms with Crippen LogP contribution in [0.3, 0.4) is 0 Å². The molecule has 2 unspecified atom stereocenters. The normalized spacial score (nSPS) is 12.9. The van der Waals surface area contributed by atoms with E-state index in [4.69, 9.17) is 39.9 Å². The fraction of sp³-hybridized carbons (Fsp3) is 0.241. The van der Waals surface area contributed by atoms with E-state index in [2.05, 4.69) is 17.2 Å². The monoisotopic (exact) mass is 556 g/mol. The van der Waals surface area contributed by atoms with Crippen molar-refractivity contribution in [2.24, 2.45) is 0 Å². The molecule has 8 heteroatoms. The number of aromatic amines is 1. The van der Waals surface area contributed by atoms with Crippen molar-refractivity contribution in [3.8, 4) is 0 Å². The highest BCUT2D eigenvalue weighted by atomic mass is 35.5. The third kappa shape index (κ3) is 6.30. The van der Waals surface area contributed by atoms with Gasteiger partial charge in [0.2, 0.25) is 0 Å². The van der Waals surface area contributed by atoms with Crippen molar-refractivity contribution in [3.63, 3.8) is 0 Å². The van der Waals surface area contributed by atoms with Gasteiger partial charge in [0.15, 0.2) is 0 Å². The first-order chi connectivity index (χ1) is 17.8. The van der Waals surface area contributed by atoms with Gasteiger partial charge in [-0.25, -0.2) is 0 Å². The summed E-state index contributed by atoms with van der Waals surface area (Å²) in [5.74, 6) is -1.19. The molecular formula is C29H27Cl3N2O3. The predicted octanol–water partition coefficient (Wildman–Crippen LogP) is 8.05. The van der Waals surface area contributed by atoms with Gasteiger partial charge in [0, 0.05) is 39.7 Å². The summed E-state index contributed by atoms with van der Waals surface area (Å²) >= 11 is 19.1. The van der Waals surface area contributed by atoms with Crippen LogP contribution < -0.4 is 5.32 Å². The number of aliphatic carboxylic acids is 1. The third-order valence-electron chi connectivity index (χ3n) is 6.53. The second kappa shape index (κ2) is 12.0. The average Bonchev–Trinajstić information content (AvgIpc) is 3.28. The first-order valence-electron chi connectivity index (χ1n) is 12.1. The Morgan fingerprint density at radius 1 is 0.946 bits per heavy atom. The highest BCUT2D eigenvalue weighted by molar-refractivity contribution is 6.38. The number of carbonyl (C=O) groups is 2. The molecule has 5 nitrogen and oxygen atoms in total. The van der Waals surface area contributed by atoms with Crippen LogP contribution in [-0.2, 0) is 4.79 Å². The minimum absolute atomic E-state index is 0.0317. The van der Waals surface area contributed by atoms with Gasteiger partial charge in [0.1, 0.15) is 0 Å². The Balaban J connectivity index is 1.76. The number of fused-ring (bicyclic) bond motifs is 1. The molecule has 37 heavy (non-hydrogen) atoms. The molecule has 0 saturated carbocycles. The van der Waals surface area contributed by atoms with Crippen LogP contribution in [0.2, 0.25) is 15.1 Å². The number of nitrogens with one attached hydrogen (secondary N) is 2. The SMILES string of the molecule is CCCC(c1ccc(C(=O)NCCC(=O)O)cc1)C(c1ccc(Cl)cc1)c1c[nH]c2c(Cl)cc(Cl)cc12. The molecule has 1 amide bonds. The second-order valence-electron chi connectivity index (χ2n) is 9.00. The number of halogens is 3. The Morgan fingerprint density at radius 2 is 1.62 bits per heavy atom. The molecule has 0 aliphatic heterocycles. The van der Waals surface area contributed by atoms with Crippen LogP contribution in [0.25, 0.3) is 10.9 Å². The lowest BCUT2D eigenvalue weighted by molar-refractivity contribution is -0.136. The van der Waals surface area contributed by atoms with Crippen LogP contribution in [0.1, 0.15) is 65.1 Å². The van der Waals surface area contributed by atoms with Gasteiger partial charge < -0.3 is 15.4 Å². The maximum Gasteiger partial charge on any atom is 0.305 e. The Labute approximate surface area is 230 Å². The van der Waals surface area contributed by atoms with E-state index in [9.17, 15) is 9.59 Å². The van der Waals surface area contributed by atoms with E-state index in [0.717, 1.165) is 40.4 Å². The van der Waals surface area contributed by atoms with Gasteiger partial charge in [-0.1, -0.05) is 72.4 Å². The van der Waals surface area contributed by atoms with E-state index in [1.54, 1.807) is 18.2 Å². The lowest BCUT2D eigenvalue weighted by Crippen LogP contribution is -2.26. The number of hydrogen-bond donors (Lipinski definition) is 3. The molecule has 0 bridgehead atoms. The zero-order valence-corrected chi connectivity index (χ0v) is 22.5. The van der Waals surface area contributed by atoms with Crippen molar-refractivity contribution in [3.05, 3.63) is 104 Å². The molecule has 1 heterocycles. The molecular weight excluding hydrogens is 531 g/mol. The van der Waals surface area contributed by atoms with Crippen molar-refractivity contribution in [2.75, 3.05) is 6.54 Å². The molecule has 2 atom stereocenters. The molecule has 0 aliphatic rings. The molecule has 0 spiro atoms. The van der Waals surface area contributed by atoms with Crippen molar-refractivity contribution < 1.29 is 14.7 Å². The molecule has 1 aromatic heterocycles. The minimum Gasteiger partial charge on any atom is -0.481 e. The van der Waals surface area contributed by atoms with Crippen LogP contribution in [0.4, 0.5) is 0 Å². The third-order valence-corrected chi connectivity index (χ3v) is 7.30. The summed E-state index contributed by atoms with van der Waals surface area (Å²) in [5, 5.41) is 14.2. The first-order valence-corrected chi connectivity index (χ1v) is 13.2. The number of carbonyl (C=O) groups excluding carboxylic acids is 1.